The maximum absolute atomic E-state index is 13.1. The third kappa shape index (κ3) is 3.45. The number of halogens is 3. The molecule has 0 fully saturated rings. The molecule has 1 heterocycles. The van der Waals surface area contributed by atoms with Gasteiger partial charge in [-0.25, -0.2) is 14.4 Å². The van der Waals surface area contributed by atoms with Gasteiger partial charge in [-0.2, -0.15) is 0 Å². The fraction of sp³-hybridized carbons (Fsp3) is 0.167. The average Bonchev–Trinajstić information content (AvgIpc) is 2.42. The zero-order chi connectivity index (χ0) is 14.7. The molecule has 1 aromatic heterocycles. The van der Waals surface area contributed by atoms with Gasteiger partial charge in [0.05, 0.1) is 15.7 Å². The molecule has 0 atom stereocenters. The van der Waals surface area contributed by atoms with Crippen molar-refractivity contribution in [1.29, 1.82) is 0 Å². The lowest BCUT2D eigenvalue weighted by Crippen LogP contribution is -2.01. The summed E-state index contributed by atoms with van der Waals surface area (Å²) in [6.07, 6.45) is 1.87. The number of hydrogen-bond acceptors (Lipinski definition) is 5. The Kier molecular flexibility index (Phi) is 4.91. The van der Waals surface area contributed by atoms with Gasteiger partial charge >= 0.3 is 0 Å². The molecule has 0 unspecified atom stereocenters. The molecule has 2 rings (SSSR count). The molecule has 0 saturated carbocycles. The van der Waals surface area contributed by atoms with E-state index in [4.69, 9.17) is 23.2 Å². The van der Waals surface area contributed by atoms with Crippen LogP contribution in [-0.2, 0) is 0 Å². The Morgan fingerprint density at radius 2 is 1.70 bits per heavy atom. The number of rotatable bonds is 4. The first-order chi connectivity index (χ1) is 9.53. The molecule has 8 heteroatoms. The summed E-state index contributed by atoms with van der Waals surface area (Å²) in [7, 11) is 1.76. The van der Waals surface area contributed by atoms with Crippen LogP contribution in [0.2, 0.25) is 10.0 Å². The van der Waals surface area contributed by atoms with Crippen molar-refractivity contribution in [2.75, 3.05) is 23.9 Å². The Morgan fingerprint density at radius 3 is 2.25 bits per heavy atom. The summed E-state index contributed by atoms with van der Waals surface area (Å²) in [5.74, 6) is 0.680. The Balaban J connectivity index is 2.39. The minimum Gasteiger partial charge on any atom is -0.373 e. The fourth-order valence-corrected chi connectivity index (χ4v) is 2.43. The molecule has 20 heavy (non-hydrogen) atoms. The second kappa shape index (κ2) is 6.47. The van der Waals surface area contributed by atoms with Gasteiger partial charge in [0, 0.05) is 13.1 Å². The first-order valence-corrected chi connectivity index (χ1v) is 7.54. The Labute approximate surface area is 130 Å². The molecule has 1 aromatic carbocycles. The van der Waals surface area contributed by atoms with Crippen LogP contribution in [0, 0.1) is 5.82 Å². The van der Waals surface area contributed by atoms with Crippen molar-refractivity contribution in [3.8, 4) is 0 Å². The quantitative estimate of drug-likeness (QED) is 0.640. The number of nitrogens with one attached hydrogen (secondary N) is 2. The molecule has 0 spiro atoms. The third-order valence-electron chi connectivity index (χ3n) is 2.40. The van der Waals surface area contributed by atoms with Crippen molar-refractivity contribution in [3.05, 3.63) is 34.1 Å². The largest absolute Gasteiger partial charge is 0.373 e. The molecule has 4 nitrogen and oxygen atoms in total. The molecule has 0 amide bonds. The highest BCUT2D eigenvalue weighted by atomic mass is 35.5. The maximum Gasteiger partial charge on any atom is 0.191 e. The van der Waals surface area contributed by atoms with Crippen LogP contribution in [0.15, 0.2) is 23.4 Å². The topological polar surface area (TPSA) is 49.8 Å². The molecule has 0 aliphatic heterocycles. The van der Waals surface area contributed by atoms with Crippen molar-refractivity contribution in [1.82, 2.24) is 9.97 Å². The number of anilines is 3. The van der Waals surface area contributed by atoms with E-state index in [-0.39, 0.29) is 10.0 Å². The SMILES string of the molecule is CNc1cc(Nc2c(Cl)cc(F)cc2Cl)nc(SC)n1. The summed E-state index contributed by atoms with van der Waals surface area (Å²) in [6.45, 7) is 0. The monoisotopic (exact) mass is 332 g/mol. The Morgan fingerprint density at radius 1 is 1.10 bits per heavy atom. The predicted octanol–water partition coefficient (Wildman–Crippen LogP) is 4.43. The van der Waals surface area contributed by atoms with Gasteiger partial charge < -0.3 is 10.6 Å². The van der Waals surface area contributed by atoms with Gasteiger partial charge in [0.1, 0.15) is 17.5 Å². The lowest BCUT2D eigenvalue weighted by molar-refractivity contribution is 0.628. The normalized spacial score (nSPS) is 10.4. The van der Waals surface area contributed by atoms with E-state index < -0.39 is 5.82 Å². The second-order valence-electron chi connectivity index (χ2n) is 3.74. The number of benzene rings is 1. The molecule has 2 aromatic rings. The van der Waals surface area contributed by atoms with E-state index in [0.29, 0.717) is 22.5 Å². The molecule has 106 valence electrons. The van der Waals surface area contributed by atoms with Crippen LogP contribution < -0.4 is 10.6 Å². The lowest BCUT2D eigenvalue weighted by Gasteiger charge is -2.11. The first kappa shape index (κ1) is 15.2. The number of thioether (sulfide) groups is 1. The van der Waals surface area contributed by atoms with E-state index in [1.54, 1.807) is 13.1 Å². The van der Waals surface area contributed by atoms with Gasteiger partial charge in [0.2, 0.25) is 0 Å². The van der Waals surface area contributed by atoms with Crippen LogP contribution in [0.3, 0.4) is 0 Å². The van der Waals surface area contributed by atoms with Crippen LogP contribution in [0.25, 0.3) is 0 Å². The summed E-state index contributed by atoms with van der Waals surface area (Å²) in [4.78, 5) is 8.54. The molecule has 0 saturated heterocycles. The molecular formula is C12H11Cl2FN4S. The zero-order valence-electron chi connectivity index (χ0n) is 10.7. The van der Waals surface area contributed by atoms with Gasteiger partial charge in [-0.15, -0.1) is 0 Å². The highest BCUT2D eigenvalue weighted by Gasteiger charge is 2.11. The van der Waals surface area contributed by atoms with Crippen LogP contribution in [-0.4, -0.2) is 23.3 Å². The summed E-state index contributed by atoms with van der Waals surface area (Å²) in [6, 6.07) is 4.08. The van der Waals surface area contributed by atoms with Crippen LogP contribution in [0.4, 0.5) is 21.7 Å². The molecule has 2 N–H and O–H groups in total. The van der Waals surface area contributed by atoms with E-state index in [1.807, 2.05) is 6.26 Å². The van der Waals surface area contributed by atoms with Gasteiger partial charge in [-0.3, -0.25) is 0 Å². The summed E-state index contributed by atoms with van der Waals surface area (Å²) in [5.41, 5.74) is 0.405. The summed E-state index contributed by atoms with van der Waals surface area (Å²) >= 11 is 13.4. The Hall–Kier alpha value is -1.24. The standard InChI is InChI=1S/C12H11Cl2FN4S/c1-16-9-5-10(19-12(18-9)20-2)17-11-7(13)3-6(15)4-8(11)14/h3-5H,1-2H3,(H2,16,17,18,19). The van der Waals surface area contributed by atoms with E-state index in [9.17, 15) is 4.39 Å². The fourth-order valence-electron chi connectivity index (χ4n) is 1.50. The lowest BCUT2D eigenvalue weighted by atomic mass is 10.3. The van der Waals surface area contributed by atoms with Crippen LogP contribution in [0.5, 0.6) is 0 Å². The average molecular weight is 333 g/mol. The van der Waals surface area contributed by atoms with Crippen LogP contribution >= 0.6 is 35.0 Å². The van der Waals surface area contributed by atoms with Crippen molar-refractivity contribution in [2.24, 2.45) is 0 Å². The van der Waals surface area contributed by atoms with Crippen LogP contribution in [0.1, 0.15) is 0 Å². The smallest absolute Gasteiger partial charge is 0.191 e. The summed E-state index contributed by atoms with van der Waals surface area (Å²) < 4.78 is 13.1. The maximum atomic E-state index is 13.1. The highest BCUT2D eigenvalue weighted by Crippen LogP contribution is 2.33. The number of aromatic nitrogens is 2. The van der Waals surface area contributed by atoms with Crippen molar-refractivity contribution in [2.45, 2.75) is 5.16 Å². The number of hydrogen-bond donors (Lipinski definition) is 2. The molecule has 0 aliphatic rings. The first-order valence-electron chi connectivity index (χ1n) is 5.56. The van der Waals surface area contributed by atoms with E-state index in [1.165, 1.54) is 23.9 Å². The van der Waals surface area contributed by atoms with Gasteiger partial charge in [0.15, 0.2) is 5.16 Å². The van der Waals surface area contributed by atoms with E-state index in [2.05, 4.69) is 20.6 Å². The zero-order valence-corrected chi connectivity index (χ0v) is 13.0. The highest BCUT2D eigenvalue weighted by molar-refractivity contribution is 7.98. The van der Waals surface area contributed by atoms with Gasteiger partial charge in [-0.05, 0) is 18.4 Å². The minimum absolute atomic E-state index is 0.185. The van der Waals surface area contributed by atoms with Gasteiger partial charge in [-0.1, -0.05) is 35.0 Å². The number of nitrogens with zero attached hydrogens (tertiary/aromatic N) is 2. The Bertz CT molecular complexity index is 594. The summed E-state index contributed by atoms with van der Waals surface area (Å²) in [5, 5.41) is 6.88. The predicted molar refractivity (Wildman–Crippen MR) is 83.1 cm³/mol. The van der Waals surface area contributed by atoms with Crippen molar-refractivity contribution in [3.63, 3.8) is 0 Å². The third-order valence-corrected chi connectivity index (χ3v) is 3.55. The van der Waals surface area contributed by atoms with Crippen molar-refractivity contribution >= 4 is 52.3 Å². The van der Waals surface area contributed by atoms with Crippen molar-refractivity contribution < 1.29 is 4.39 Å². The van der Waals surface area contributed by atoms with Gasteiger partial charge in [0.25, 0.3) is 0 Å². The minimum atomic E-state index is -0.492. The van der Waals surface area contributed by atoms with E-state index in [0.717, 1.165) is 0 Å². The molecule has 0 aliphatic carbocycles. The molecule has 0 radical (unpaired) electrons. The molecular weight excluding hydrogens is 322 g/mol. The second-order valence-corrected chi connectivity index (χ2v) is 5.33. The molecule has 0 bridgehead atoms. The van der Waals surface area contributed by atoms with E-state index >= 15 is 0 Å².